The fraction of sp³-hybridized carbons (Fsp3) is 0.138. The van der Waals surface area contributed by atoms with E-state index < -0.39 is 0 Å². The Morgan fingerprint density at radius 1 is 0.974 bits per heavy atom. The molecule has 0 atom stereocenters. The van der Waals surface area contributed by atoms with Gasteiger partial charge in [-0.2, -0.15) is 14.6 Å². The topological polar surface area (TPSA) is 87.2 Å². The van der Waals surface area contributed by atoms with Crippen LogP contribution in [0.15, 0.2) is 90.1 Å². The first-order valence-corrected chi connectivity index (χ1v) is 13.1. The van der Waals surface area contributed by atoms with Gasteiger partial charge in [0.05, 0.1) is 16.8 Å². The summed E-state index contributed by atoms with van der Waals surface area (Å²) in [6, 6.07) is 21.5. The van der Waals surface area contributed by atoms with Crippen molar-refractivity contribution in [3.8, 4) is 34.1 Å². The molecule has 6 aromatic rings. The van der Waals surface area contributed by atoms with Crippen LogP contribution in [0.2, 0.25) is 0 Å². The van der Waals surface area contributed by atoms with Crippen LogP contribution in [0.5, 0.6) is 5.75 Å². The number of hydrogen-bond acceptors (Lipinski definition) is 7. The molecule has 0 bridgehead atoms. The molecule has 188 valence electrons. The number of aromatic nitrogens is 6. The van der Waals surface area contributed by atoms with Gasteiger partial charge in [-0.1, -0.05) is 43.4 Å². The first kappa shape index (κ1) is 23.7. The lowest BCUT2D eigenvalue weighted by atomic mass is 10.1. The van der Waals surface area contributed by atoms with E-state index in [0.29, 0.717) is 27.8 Å². The summed E-state index contributed by atoms with van der Waals surface area (Å²) in [5, 5.41) is 9.30. The Kier molecular flexibility index (Phi) is 6.27. The Balaban J connectivity index is 1.42. The number of ether oxygens (including phenoxy) is 1. The van der Waals surface area contributed by atoms with E-state index in [1.54, 1.807) is 12.4 Å². The van der Waals surface area contributed by atoms with Crippen LogP contribution in [0, 0.1) is 5.92 Å². The number of benzene rings is 2. The molecule has 38 heavy (non-hydrogen) atoms. The van der Waals surface area contributed by atoms with Gasteiger partial charge in [0.15, 0.2) is 5.82 Å². The van der Waals surface area contributed by atoms with Gasteiger partial charge in [0, 0.05) is 35.3 Å². The summed E-state index contributed by atoms with van der Waals surface area (Å²) in [5.74, 6) is 1.73. The summed E-state index contributed by atoms with van der Waals surface area (Å²) < 4.78 is 9.55. The van der Waals surface area contributed by atoms with Crippen molar-refractivity contribution in [1.82, 2.24) is 29.4 Å². The quantitative estimate of drug-likeness (QED) is 0.305. The summed E-state index contributed by atoms with van der Waals surface area (Å²) in [4.78, 5) is 22.5. The molecule has 0 saturated carbocycles. The maximum Gasteiger partial charge on any atom is 0.291 e. The molecule has 6 rings (SSSR count). The van der Waals surface area contributed by atoms with Crippen molar-refractivity contribution in [1.29, 1.82) is 0 Å². The number of hydrogen-bond donors (Lipinski definition) is 0. The third-order valence-electron chi connectivity index (χ3n) is 5.86. The largest absolute Gasteiger partial charge is 0.493 e. The first-order valence-electron chi connectivity index (χ1n) is 12.3. The average Bonchev–Trinajstić information content (AvgIpc) is 3.64. The number of para-hydroxylation sites is 1. The molecule has 0 amide bonds. The van der Waals surface area contributed by atoms with Crippen molar-refractivity contribution >= 4 is 22.4 Å². The summed E-state index contributed by atoms with van der Waals surface area (Å²) in [6.07, 6.45) is 7.16. The van der Waals surface area contributed by atoms with Crippen molar-refractivity contribution in [2.45, 2.75) is 13.8 Å². The molecule has 8 nitrogen and oxygen atoms in total. The Morgan fingerprint density at radius 2 is 1.79 bits per heavy atom. The van der Waals surface area contributed by atoms with E-state index in [-0.39, 0.29) is 5.56 Å². The van der Waals surface area contributed by atoms with Gasteiger partial charge < -0.3 is 4.74 Å². The fourth-order valence-corrected chi connectivity index (χ4v) is 4.89. The summed E-state index contributed by atoms with van der Waals surface area (Å²) in [7, 11) is 0. The molecule has 0 aliphatic rings. The zero-order valence-corrected chi connectivity index (χ0v) is 21.7. The third-order valence-corrected chi connectivity index (χ3v) is 6.82. The second-order valence-electron chi connectivity index (χ2n) is 9.23. The second kappa shape index (κ2) is 10.0. The fourth-order valence-electron chi connectivity index (χ4n) is 3.99. The minimum atomic E-state index is -0.219. The van der Waals surface area contributed by atoms with Gasteiger partial charge in [0.2, 0.25) is 4.96 Å². The Labute approximate surface area is 222 Å². The number of nitrogens with zero attached hydrogens (tertiary/aromatic N) is 6. The van der Waals surface area contributed by atoms with Gasteiger partial charge in [-0.05, 0) is 60.5 Å². The highest BCUT2D eigenvalue weighted by Crippen LogP contribution is 2.27. The Morgan fingerprint density at radius 3 is 2.50 bits per heavy atom. The molecule has 0 aliphatic heterocycles. The van der Waals surface area contributed by atoms with Gasteiger partial charge in [0.1, 0.15) is 11.4 Å². The lowest BCUT2D eigenvalue weighted by Gasteiger charge is -2.09. The van der Waals surface area contributed by atoms with Gasteiger partial charge in [-0.15, -0.1) is 5.10 Å². The average molecular weight is 521 g/mol. The molecule has 0 spiro atoms. The summed E-state index contributed by atoms with van der Waals surface area (Å²) >= 11 is 1.30. The predicted molar refractivity (Wildman–Crippen MR) is 148 cm³/mol. The van der Waals surface area contributed by atoms with E-state index >= 15 is 0 Å². The van der Waals surface area contributed by atoms with Crippen molar-refractivity contribution in [3.63, 3.8) is 0 Å². The third kappa shape index (κ3) is 4.71. The van der Waals surface area contributed by atoms with Crippen LogP contribution in [-0.2, 0) is 0 Å². The SMILES string of the molecule is CC(C)COc1ccc(-c2nn(-c3ccccc3)cc2/C=c2\sc3nc(-c4cccnc4)nn3c2=O)cc1. The number of thiazole rings is 1. The molecule has 0 aliphatic carbocycles. The molecule has 4 aromatic heterocycles. The van der Waals surface area contributed by atoms with Crippen LogP contribution in [0.3, 0.4) is 0 Å². The zero-order chi connectivity index (χ0) is 26.1. The van der Waals surface area contributed by atoms with E-state index in [1.807, 2.05) is 83.7 Å². The Bertz CT molecular complexity index is 1810. The minimum Gasteiger partial charge on any atom is -0.493 e. The summed E-state index contributed by atoms with van der Waals surface area (Å²) in [6.45, 7) is 4.89. The van der Waals surface area contributed by atoms with Crippen molar-refractivity contribution < 1.29 is 4.74 Å². The van der Waals surface area contributed by atoms with Crippen LogP contribution in [0.25, 0.3) is 39.4 Å². The highest BCUT2D eigenvalue weighted by molar-refractivity contribution is 7.15. The van der Waals surface area contributed by atoms with E-state index in [9.17, 15) is 4.79 Å². The second-order valence-corrected chi connectivity index (χ2v) is 10.2. The molecule has 0 fully saturated rings. The van der Waals surface area contributed by atoms with Crippen LogP contribution in [0.1, 0.15) is 19.4 Å². The van der Waals surface area contributed by atoms with E-state index in [2.05, 4.69) is 28.9 Å². The zero-order valence-electron chi connectivity index (χ0n) is 20.9. The van der Waals surface area contributed by atoms with Gasteiger partial charge >= 0.3 is 0 Å². The molecule has 9 heteroatoms. The highest BCUT2D eigenvalue weighted by Gasteiger charge is 2.15. The van der Waals surface area contributed by atoms with Crippen LogP contribution in [-0.4, -0.2) is 36.0 Å². The van der Waals surface area contributed by atoms with Crippen LogP contribution < -0.4 is 14.8 Å². The van der Waals surface area contributed by atoms with Crippen LogP contribution >= 0.6 is 11.3 Å². The van der Waals surface area contributed by atoms with E-state index in [1.165, 1.54) is 15.9 Å². The standard InChI is InChI=1S/C29H24N6O2S/c1-19(2)18-37-24-12-10-20(11-13-24)26-22(17-34(32-26)23-8-4-3-5-9-23)15-25-28(36)35-29(38-25)31-27(33-35)21-7-6-14-30-16-21/h3-17,19H,18H2,1-2H3/b25-15-. The smallest absolute Gasteiger partial charge is 0.291 e. The van der Waals surface area contributed by atoms with Crippen molar-refractivity contribution in [2.75, 3.05) is 6.61 Å². The molecule has 0 radical (unpaired) electrons. The number of pyridine rings is 1. The molecule has 4 heterocycles. The van der Waals surface area contributed by atoms with E-state index in [4.69, 9.17) is 9.84 Å². The normalized spacial score (nSPS) is 12.0. The number of rotatable bonds is 7. The predicted octanol–water partition coefficient (Wildman–Crippen LogP) is 4.65. The molecular formula is C29H24N6O2S. The van der Waals surface area contributed by atoms with Crippen LogP contribution in [0.4, 0.5) is 0 Å². The maximum absolute atomic E-state index is 13.3. The van der Waals surface area contributed by atoms with Gasteiger partial charge in [-0.25, -0.2) is 4.68 Å². The van der Waals surface area contributed by atoms with Crippen molar-refractivity contribution in [2.24, 2.45) is 5.92 Å². The van der Waals surface area contributed by atoms with Gasteiger partial charge in [-0.3, -0.25) is 9.78 Å². The number of fused-ring (bicyclic) bond motifs is 1. The van der Waals surface area contributed by atoms with Gasteiger partial charge in [0.25, 0.3) is 5.56 Å². The molecule has 2 aromatic carbocycles. The first-order chi connectivity index (χ1) is 18.5. The van der Waals surface area contributed by atoms with E-state index in [0.717, 1.165) is 33.8 Å². The molecular weight excluding hydrogens is 496 g/mol. The summed E-state index contributed by atoms with van der Waals surface area (Å²) in [5.41, 5.74) is 3.98. The van der Waals surface area contributed by atoms with Crippen molar-refractivity contribution in [3.05, 3.63) is 106 Å². The lowest BCUT2D eigenvalue weighted by Crippen LogP contribution is -2.23. The highest BCUT2D eigenvalue weighted by atomic mass is 32.1. The maximum atomic E-state index is 13.3. The molecule has 0 saturated heterocycles. The molecule has 0 N–H and O–H groups in total. The lowest BCUT2D eigenvalue weighted by molar-refractivity contribution is 0.271. The minimum absolute atomic E-state index is 0.219. The monoisotopic (exact) mass is 520 g/mol. The molecule has 0 unspecified atom stereocenters. The Hall–Kier alpha value is -4.63.